The van der Waals surface area contributed by atoms with E-state index in [1.165, 1.54) is 12.0 Å². The number of rotatable bonds is 7. The van der Waals surface area contributed by atoms with Crippen LogP contribution >= 0.6 is 0 Å². The molecule has 3 nitrogen and oxygen atoms in total. The van der Waals surface area contributed by atoms with Crippen LogP contribution in [0.2, 0.25) is 0 Å². The number of ether oxygens (including phenoxy) is 1. The fourth-order valence-electron chi connectivity index (χ4n) is 1.65. The van der Waals surface area contributed by atoms with Crippen molar-refractivity contribution in [1.82, 2.24) is 4.90 Å². The normalized spacial score (nSPS) is 14.8. The highest BCUT2D eigenvalue weighted by Crippen LogP contribution is 2.28. The minimum absolute atomic E-state index is 0.0282. The molecule has 0 aromatic rings. The van der Waals surface area contributed by atoms with Gasteiger partial charge >= 0.3 is 6.18 Å². The van der Waals surface area contributed by atoms with Gasteiger partial charge in [-0.25, -0.2) is 0 Å². The van der Waals surface area contributed by atoms with Crippen LogP contribution in [-0.2, 0) is 4.74 Å². The van der Waals surface area contributed by atoms with Gasteiger partial charge in [-0.05, 0) is 26.8 Å². The Morgan fingerprint density at radius 1 is 1.31 bits per heavy atom. The van der Waals surface area contributed by atoms with Crippen molar-refractivity contribution in [1.29, 1.82) is 0 Å². The van der Waals surface area contributed by atoms with Crippen LogP contribution in [0.3, 0.4) is 0 Å². The molecule has 0 amide bonds. The zero-order chi connectivity index (χ0) is 12.8. The first-order valence-electron chi connectivity index (χ1n) is 5.36. The Morgan fingerprint density at radius 2 is 1.88 bits per heavy atom. The molecule has 0 heterocycles. The standard InChI is InChI=1S/C10H21F3N2O/c1-8(2)15(6-7-16-3)9(4-5-14)10(11,12)13/h8-9H,4-7,14H2,1-3H3. The molecule has 0 aliphatic carbocycles. The first kappa shape index (κ1) is 15.7. The fraction of sp³-hybridized carbons (Fsp3) is 1.00. The number of hydrogen-bond donors (Lipinski definition) is 1. The van der Waals surface area contributed by atoms with Gasteiger partial charge in [-0.15, -0.1) is 0 Å². The third kappa shape index (κ3) is 5.14. The molecule has 2 N–H and O–H groups in total. The number of hydrogen-bond acceptors (Lipinski definition) is 3. The molecule has 0 fully saturated rings. The Hall–Kier alpha value is -0.330. The van der Waals surface area contributed by atoms with E-state index >= 15 is 0 Å². The van der Waals surface area contributed by atoms with Gasteiger partial charge in [0.15, 0.2) is 0 Å². The van der Waals surface area contributed by atoms with Crippen LogP contribution in [0.4, 0.5) is 13.2 Å². The summed E-state index contributed by atoms with van der Waals surface area (Å²) in [5.74, 6) is 0. The molecule has 98 valence electrons. The molecule has 0 saturated carbocycles. The van der Waals surface area contributed by atoms with Crippen molar-refractivity contribution in [3.05, 3.63) is 0 Å². The van der Waals surface area contributed by atoms with Crippen molar-refractivity contribution in [2.45, 2.75) is 38.5 Å². The van der Waals surface area contributed by atoms with Gasteiger partial charge in [0.1, 0.15) is 6.04 Å². The number of nitrogens with two attached hydrogens (primary N) is 1. The molecule has 0 radical (unpaired) electrons. The maximum absolute atomic E-state index is 12.8. The third-order valence-electron chi connectivity index (χ3n) is 2.44. The minimum atomic E-state index is -4.24. The topological polar surface area (TPSA) is 38.5 Å². The summed E-state index contributed by atoms with van der Waals surface area (Å²) in [4.78, 5) is 1.39. The average Bonchev–Trinajstić information content (AvgIpc) is 2.14. The molecule has 6 heteroatoms. The summed E-state index contributed by atoms with van der Waals surface area (Å²) in [5, 5.41) is 0. The van der Waals surface area contributed by atoms with Crippen LogP contribution in [0, 0.1) is 0 Å². The Bertz CT molecular complexity index is 185. The van der Waals surface area contributed by atoms with Crippen molar-refractivity contribution in [2.75, 3.05) is 26.8 Å². The summed E-state index contributed by atoms with van der Waals surface area (Å²) < 4.78 is 43.2. The summed E-state index contributed by atoms with van der Waals surface area (Å²) in [6.07, 6.45) is -4.32. The monoisotopic (exact) mass is 242 g/mol. The van der Waals surface area contributed by atoms with Crippen LogP contribution in [-0.4, -0.2) is 50.0 Å². The van der Waals surface area contributed by atoms with E-state index in [0.29, 0.717) is 0 Å². The zero-order valence-electron chi connectivity index (χ0n) is 10.0. The molecule has 0 spiro atoms. The summed E-state index contributed by atoms with van der Waals surface area (Å²) in [6, 6.07) is -1.67. The van der Waals surface area contributed by atoms with E-state index in [0.717, 1.165) is 0 Å². The van der Waals surface area contributed by atoms with E-state index in [9.17, 15) is 13.2 Å². The van der Waals surface area contributed by atoms with Gasteiger partial charge in [0.25, 0.3) is 0 Å². The first-order chi connectivity index (χ1) is 7.34. The van der Waals surface area contributed by atoms with E-state index < -0.39 is 12.2 Å². The predicted molar refractivity (Wildman–Crippen MR) is 57.2 cm³/mol. The van der Waals surface area contributed by atoms with E-state index in [-0.39, 0.29) is 32.2 Å². The van der Waals surface area contributed by atoms with Gasteiger partial charge in [0.2, 0.25) is 0 Å². The number of alkyl halides is 3. The quantitative estimate of drug-likeness (QED) is 0.737. The van der Waals surface area contributed by atoms with Gasteiger partial charge in [-0.1, -0.05) is 0 Å². The molecule has 0 bridgehead atoms. The SMILES string of the molecule is COCCN(C(C)C)C(CCN)C(F)(F)F. The molecule has 0 aliphatic heterocycles. The summed E-state index contributed by atoms with van der Waals surface area (Å²) in [6.45, 7) is 4.06. The van der Waals surface area contributed by atoms with E-state index in [1.807, 2.05) is 0 Å². The minimum Gasteiger partial charge on any atom is -0.383 e. The smallest absolute Gasteiger partial charge is 0.383 e. The second-order valence-electron chi connectivity index (χ2n) is 3.96. The van der Waals surface area contributed by atoms with E-state index in [2.05, 4.69) is 0 Å². The lowest BCUT2D eigenvalue weighted by atomic mass is 10.1. The molecule has 1 atom stereocenters. The molecule has 0 rings (SSSR count). The van der Waals surface area contributed by atoms with Crippen LogP contribution in [0.1, 0.15) is 20.3 Å². The van der Waals surface area contributed by atoms with Gasteiger partial charge in [-0.2, -0.15) is 13.2 Å². The van der Waals surface area contributed by atoms with E-state index in [4.69, 9.17) is 10.5 Å². The summed E-state index contributed by atoms with van der Waals surface area (Å²) in [5.41, 5.74) is 5.23. The van der Waals surface area contributed by atoms with Crippen LogP contribution in [0.25, 0.3) is 0 Å². The van der Waals surface area contributed by atoms with Crippen LogP contribution < -0.4 is 5.73 Å². The molecular formula is C10H21F3N2O. The van der Waals surface area contributed by atoms with Gasteiger partial charge < -0.3 is 10.5 Å². The average molecular weight is 242 g/mol. The van der Waals surface area contributed by atoms with Crippen LogP contribution in [0.15, 0.2) is 0 Å². The highest BCUT2D eigenvalue weighted by Gasteiger charge is 2.43. The van der Waals surface area contributed by atoms with Crippen molar-refractivity contribution < 1.29 is 17.9 Å². The zero-order valence-corrected chi connectivity index (χ0v) is 10.0. The lowest BCUT2D eigenvalue weighted by Gasteiger charge is -2.35. The highest BCUT2D eigenvalue weighted by molar-refractivity contribution is 4.81. The molecule has 16 heavy (non-hydrogen) atoms. The fourth-order valence-corrected chi connectivity index (χ4v) is 1.65. The predicted octanol–water partition coefficient (Wildman–Crippen LogP) is 1.62. The second kappa shape index (κ2) is 7.09. The second-order valence-corrected chi connectivity index (χ2v) is 3.96. The molecule has 0 aromatic carbocycles. The lowest BCUT2D eigenvalue weighted by Crippen LogP contribution is -2.51. The number of halogens is 3. The maximum atomic E-state index is 12.8. The molecule has 0 aromatic heterocycles. The van der Waals surface area contributed by atoms with Crippen molar-refractivity contribution in [3.8, 4) is 0 Å². The van der Waals surface area contributed by atoms with Crippen molar-refractivity contribution in [3.63, 3.8) is 0 Å². The van der Waals surface area contributed by atoms with Gasteiger partial charge in [0, 0.05) is 19.7 Å². The van der Waals surface area contributed by atoms with Crippen molar-refractivity contribution in [2.24, 2.45) is 5.73 Å². The Labute approximate surface area is 94.7 Å². The number of methoxy groups -OCH3 is 1. The Morgan fingerprint density at radius 3 is 2.19 bits per heavy atom. The van der Waals surface area contributed by atoms with Gasteiger partial charge in [-0.3, -0.25) is 4.90 Å². The van der Waals surface area contributed by atoms with Gasteiger partial charge in [0.05, 0.1) is 6.61 Å². The molecule has 1 unspecified atom stereocenters. The van der Waals surface area contributed by atoms with Crippen molar-refractivity contribution >= 4 is 0 Å². The summed E-state index contributed by atoms with van der Waals surface area (Å²) in [7, 11) is 1.48. The van der Waals surface area contributed by atoms with Crippen LogP contribution in [0.5, 0.6) is 0 Å². The largest absolute Gasteiger partial charge is 0.404 e. The lowest BCUT2D eigenvalue weighted by molar-refractivity contribution is -0.190. The maximum Gasteiger partial charge on any atom is 0.404 e. The summed E-state index contributed by atoms with van der Waals surface area (Å²) >= 11 is 0. The molecule has 0 saturated heterocycles. The molecular weight excluding hydrogens is 221 g/mol. The highest BCUT2D eigenvalue weighted by atomic mass is 19.4. The Kier molecular flexibility index (Phi) is 6.94. The Balaban J connectivity index is 4.66. The van der Waals surface area contributed by atoms with E-state index in [1.54, 1.807) is 13.8 Å². The third-order valence-corrected chi connectivity index (χ3v) is 2.44. The first-order valence-corrected chi connectivity index (χ1v) is 5.36. The molecule has 0 aliphatic rings. The number of nitrogens with zero attached hydrogens (tertiary/aromatic N) is 1.